The van der Waals surface area contributed by atoms with Gasteiger partial charge in [0.25, 0.3) is 5.91 Å². The molecule has 0 unspecified atom stereocenters. The highest BCUT2D eigenvalue weighted by Crippen LogP contribution is 2.20. The maximum absolute atomic E-state index is 12.6. The number of carbonyl (C=O) groups excluding carboxylic acids is 1. The fourth-order valence-corrected chi connectivity index (χ4v) is 2.57. The molecule has 0 aromatic carbocycles. The standard InChI is InChI=1S/C14H16ClN5O/c1-9(2)11-5-10(6-12(15)17-11)14(21)19-3-4-20-8-16-18-13(20)7-19/h5-6,8-9H,3-4,7H2,1-2H3. The second-order valence-corrected chi connectivity index (χ2v) is 5.81. The Kier molecular flexibility index (Phi) is 3.63. The molecule has 2 aromatic rings. The van der Waals surface area contributed by atoms with Gasteiger partial charge in [-0.3, -0.25) is 4.79 Å². The molecule has 0 saturated carbocycles. The minimum absolute atomic E-state index is 0.0459. The van der Waals surface area contributed by atoms with Crippen LogP contribution in [0.3, 0.4) is 0 Å². The monoisotopic (exact) mass is 305 g/mol. The van der Waals surface area contributed by atoms with Gasteiger partial charge in [-0.2, -0.15) is 0 Å². The zero-order chi connectivity index (χ0) is 15.0. The van der Waals surface area contributed by atoms with Crippen molar-refractivity contribution >= 4 is 17.5 Å². The highest BCUT2D eigenvalue weighted by molar-refractivity contribution is 6.29. The van der Waals surface area contributed by atoms with Crippen molar-refractivity contribution in [2.45, 2.75) is 32.9 Å². The Morgan fingerprint density at radius 2 is 2.14 bits per heavy atom. The van der Waals surface area contributed by atoms with Crippen molar-refractivity contribution in [1.82, 2.24) is 24.6 Å². The van der Waals surface area contributed by atoms with Gasteiger partial charge in [-0.1, -0.05) is 25.4 Å². The van der Waals surface area contributed by atoms with Crippen LogP contribution in [0.15, 0.2) is 18.5 Å². The van der Waals surface area contributed by atoms with E-state index in [1.165, 1.54) is 0 Å². The molecule has 2 aromatic heterocycles. The predicted octanol–water partition coefficient (Wildman–Crippen LogP) is 2.11. The maximum Gasteiger partial charge on any atom is 0.254 e. The zero-order valence-electron chi connectivity index (χ0n) is 12.0. The van der Waals surface area contributed by atoms with Crippen LogP contribution in [0, 0.1) is 0 Å². The summed E-state index contributed by atoms with van der Waals surface area (Å²) in [7, 11) is 0. The van der Waals surface area contributed by atoms with Gasteiger partial charge in [0, 0.05) is 24.3 Å². The summed E-state index contributed by atoms with van der Waals surface area (Å²) in [6, 6.07) is 3.44. The number of rotatable bonds is 2. The first-order valence-corrected chi connectivity index (χ1v) is 7.26. The van der Waals surface area contributed by atoms with Gasteiger partial charge in [0.1, 0.15) is 11.5 Å². The van der Waals surface area contributed by atoms with Gasteiger partial charge in [0.15, 0.2) is 5.82 Å². The lowest BCUT2D eigenvalue weighted by Crippen LogP contribution is -2.38. The molecule has 0 saturated heterocycles. The van der Waals surface area contributed by atoms with E-state index in [4.69, 9.17) is 11.6 Å². The van der Waals surface area contributed by atoms with Gasteiger partial charge < -0.3 is 9.47 Å². The highest BCUT2D eigenvalue weighted by atomic mass is 35.5. The van der Waals surface area contributed by atoms with Crippen LogP contribution in [0.2, 0.25) is 5.15 Å². The number of nitrogens with zero attached hydrogens (tertiary/aromatic N) is 5. The minimum atomic E-state index is -0.0459. The van der Waals surface area contributed by atoms with Crippen molar-refractivity contribution in [2.75, 3.05) is 6.54 Å². The molecule has 1 aliphatic heterocycles. The molecule has 1 aliphatic rings. The van der Waals surface area contributed by atoms with E-state index < -0.39 is 0 Å². The Morgan fingerprint density at radius 3 is 2.90 bits per heavy atom. The summed E-state index contributed by atoms with van der Waals surface area (Å²) in [6.45, 7) is 5.87. The summed E-state index contributed by atoms with van der Waals surface area (Å²) in [6.07, 6.45) is 1.69. The van der Waals surface area contributed by atoms with Gasteiger partial charge in [-0.15, -0.1) is 10.2 Å². The van der Waals surface area contributed by atoms with E-state index in [9.17, 15) is 4.79 Å². The van der Waals surface area contributed by atoms with Crippen LogP contribution in [0.25, 0.3) is 0 Å². The van der Waals surface area contributed by atoms with Crippen LogP contribution in [0.5, 0.6) is 0 Å². The second-order valence-electron chi connectivity index (χ2n) is 5.43. The van der Waals surface area contributed by atoms with Crippen molar-refractivity contribution in [1.29, 1.82) is 0 Å². The van der Waals surface area contributed by atoms with Crippen LogP contribution in [0.4, 0.5) is 0 Å². The average molecular weight is 306 g/mol. The summed E-state index contributed by atoms with van der Waals surface area (Å²) < 4.78 is 1.96. The summed E-state index contributed by atoms with van der Waals surface area (Å²) in [5.41, 5.74) is 1.40. The number of fused-ring (bicyclic) bond motifs is 1. The van der Waals surface area contributed by atoms with Gasteiger partial charge in [0.05, 0.1) is 6.54 Å². The van der Waals surface area contributed by atoms with E-state index in [0.717, 1.165) is 11.5 Å². The Labute approximate surface area is 127 Å². The Morgan fingerprint density at radius 1 is 1.33 bits per heavy atom. The third kappa shape index (κ3) is 2.76. The summed E-state index contributed by atoms with van der Waals surface area (Å²) >= 11 is 6.03. The van der Waals surface area contributed by atoms with E-state index >= 15 is 0 Å². The van der Waals surface area contributed by atoms with Gasteiger partial charge in [-0.25, -0.2) is 4.98 Å². The van der Waals surface area contributed by atoms with Crippen LogP contribution in [-0.4, -0.2) is 37.1 Å². The lowest BCUT2D eigenvalue weighted by Gasteiger charge is -2.27. The third-order valence-corrected chi connectivity index (χ3v) is 3.77. The second kappa shape index (κ2) is 5.44. The van der Waals surface area contributed by atoms with Crippen molar-refractivity contribution < 1.29 is 4.79 Å². The van der Waals surface area contributed by atoms with E-state index in [2.05, 4.69) is 15.2 Å². The average Bonchev–Trinajstić information content (AvgIpc) is 2.93. The molecule has 6 nitrogen and oxygen atoms in total. The van der Waals surface area contributed by atoms with Gasteiger partial charge in [0.2, 0.25) is 0 Å². The molecule has 7 heteroatoms. The van der Waals surface area contributed by atoms with Crippen molar-refractivity contribution in [3.63, 3.8) is 0 Å². The Bertz CT molecular complexity index is 682. The van der Waals surface area contributed by atoms with E-state index in [0.29, 0.717) is 30.4 Å². The van der Waals surface area contributed by atoms with Gasteiger partial charge >= 0.3 is 0 Å². The molecule has 0 spiro atoms. The number of aromatic nitrogens is 4. The number of hydrogen-bond donors (Lipinski definition) is 0. The van der Waals surface area contributed by atoms with Crippen LogP contribution >= 0.6 is 11.6 Å². The third-order valence-electron chi connectivity index (χ3n) is 3.58. The summed E-state index contributed by atoms with van der Waals surface area (Å²) in [5.74, 6) is 0.981. The SMILES string of the molecule is CC(C)c1cc(C(=O)N2CCn3cnnc3C2)cc(Cl)n1. The fraction of sp³-hybridized carbons (Fsp3) is 0.429. The Balaban J connectivity index is 1.86. The van der Waals surface area contributed by atoms with Crippen molar-refractivity contribution in [2.24, 2.45) is 0 Å². The molecule has 3 rings (SSSR count). The minimum Gasteiger partial charge on any atom is -0.329 e. The first-order valence-electron chi connectivity index (χ1n) is 6.88. The molecular weight excluding hydrogens is 290 g/mol. The van der Waals surface area contributed by atoms with E-state index in [-0.39, 0.29) is 11.8 Å². The molecule has 0 atom stereocenters. The normalized spacial score (nSPS) is 14.4. The molecule has 0 fully saturated rings. The number of carbonyl (C=O) groups is 1. The van der Waals surface area contributed by atoms with Gasteiger partial charge in [-0.05, 0) is 18.1 Å². The summed E-state index contributed by atoms with van der Waals surface area (Å²) in [5, 5.41) is 8.24. The maximum atomic E-state index is 12.6. The topological polar surface area (TPSA) is 63.9 Å². The molecule has 1 amide bonds. The zero-order valence-corrected chi connectivity index (χ0v) is 12.7. The molecule has 0 N–H and O–H groups in total. The van der Waals surface area contributed by atoms with Crippen LogP contribution in [-0.2, 0) is 13.1 Å². The number of halogens is 1. The molecule has 21 heavy (non-hydrogen) atoms. The predicted molar refractivity (Wildman–Crippen MR) is 78.1 cm³/mol. The van der Waals surface area contributed by atoms with Crippen LogP contribution in [0.1, 0.15) is 41.6 Å². The number of hydrogen-bond acceptors (Lipinski definition) is 4. The van der Waals surface area contributed by atoms with Crippen molar-refractivity contribution in [3.8, 4) is 0 Å². The highest BCUT2D eigenvalue weighted by Gasteiger charge is 2.23. The lowest BCUT2D eigenvalue weighted by molar-refractivity contribution is 0.0707. The molecule has 110 valence electrons. The van der Waals surface area contributed by atoms with E-state index in [1.54, 1.807) is 17.3 Å². The molecular formula is C14H16ClN5O. The molecule has 0 bridgehead atoms. The van der Waals surface area contributed by atoms with E-state index in [1.807, 2.05) is 24.5 Å². The quantitative estimate of drug-likeness (QED) is 0.797. The van der Waals surface area contributed by atoms with Crippen molar-refractivity contribution in [3.05, 3.63) is 40.7 Å². The molecule has 3 heterocycles. The first kappa shape index (κ1) is 14.0. The Hall–Kier alpha value is -1.95. The lowest BCUT2D eigenvalue weighted by atomic mass is 10.1. The summed E-state index contributed by atoms with van der Waals surface area (Å²) in [4.78, 5) is 18.7. The smallest absolute Gasteiger partial charge is 0.254 e. The fourth-order valence-electron chi connectivity index (χ4n) is 2.36. The molecule has 0 aliphatic carbocycles. The largest absolute Gasteiger partial charge is 0.329 e. The number of pyridine rings is 1. The molecule has 0 radical (unpaired) electrons. The van der Waals surface area contributed by atoms with Crippen LogP contribution < -0.4 is 0 Å². The number of amides is 1. The first-order chi connectivity index (χ1) is 10.0.